The zero-order valence-corrected chi connectivity index (χ0v) is 13.5. The van der Waals surface area contributed by atoms with Crippen molar-refractivity contribution in [2.75, 3.05) is 0 Å². The van der Waals surface area contributed by atoms with E-state index in [9.17, 15) is 9.18 Å². The summed E-state index contributed by atoms with van der Waals surface area (Å²) in [6, 6.07) is 22.9. The molecule has 0 aliphatic heterocycles. The highest BCUT2D eigenvalue weighted by atomic mass is 19.1. The third-order valence-electron chi connectivity index (χ3n) is 3.61. The highest BCUT2D eigenvalue weighted by molar-refractivity contribution is 6.07. The lowest BCUT2D eigenvalue weighted by Crippen LogP contribution is -1.93. The fraction of sp³-hybridized carbons (Fsp3) is 0. The van der Waals surface area contributed by atoms with Gasteiger partial charge in [0.25, 0.3) is 0 Å². The van der Waals surface area contributed by atoms with E-state index < -0.39 is 0 Å². The number of rotatable bonds is 5. The van der Waals surface area contributed by atoms with Gasteiger partial charge >= 0.3 is 0 Å². The summed E-state index contributed by atoms with van der Waals surface area (Å²) in [6.45, 7) is 0. The van der Waals surface area contributed by atoms with Crippen LogP contribution in [0, 0.1) is 5.82 Å². The van der Waals surface area contributed by atoms with Gasteiger partial charge in [0, 0.05) is 11.8 Å². The Hall–Kier alpha value is -3.33. The largest absolute Gasteiger partial charge is 0.289 e. The van der Waals surface area contributed by atoms with Crippen molar-refractivity contribution < 1.29 is 9.18 Å². The Labute approximate surface area is 146 Å². The molecular weight excluding hydrogens is 313 g/mol. The van der Waals surface area contributed by atoms with E-state index >= 15 is 0 Å². The molecule has 0 fully saturated rings. The maximum absolute atomic E-state index is 12.9. The molecular formula is C22H16FNO. The maximum Gasteiger partial charge on any atom is 0.185 e. The minimum absolute atomic E-state index is 0.108. The molecule has 0 atom stereocenters. The minimum atomic E-state index is -0.296. The van der Waals surface area contributed by atoms with Gasteiger partial charge in [-0.2, -0.15) is 0 Å². The van der Waals surface area contributed by atoms with Crippen LogP contribution in [-0.4, -0.2) is 12.0 Å². The van der Waals surface area contributed by atoms with E-state index in [1.165, 1.54) is 18.2 Å². The quantitative estimate of drug-likeness (QED) is 0.346. The minimum Gasteiger partial charge on any atom is -0.289 e. The van der Waals surface area contributed by atoms with E-state index in [0.717, 1.165) is 16.8 Å². The van der Waals surface area contributed by atoms with E-state index in [2.05, 4.69) is 4.99 Å². The Balaban J connectivity index is 1.66. The van der Waals surface area contributed by atoms with Gasteiger partial charge in [0.05, 0.1) is 5.69 Å². The summed E-state index contributed by atoms with van der Waals surface area (Å²) in [7, 11) is 0. The molecule has 0 aromatic heterocycles. The van der Waals surface area contributed by atoms with Crippen molar-refractivity contribution in [3.05, 3.63) is 107 Å². The molecule has 122 valence electrons. The van der Waals surface area contributed by atoms with Crippen molar-refractivity contribution in [1.29, 1.82) is 0 Å². The highest BCUT2D eigenvalue weighted by Gasteiger charge is 2.01. The smallest absolute Gasteiger partial charge is 0.185 e. The van der Waals surface area contributed by atoms with Gasteiger partial charge in [-0.3, -0.25) is 9.79 Å². The summed E-state index contributed by atoms with van der Waals surface area (Å²) in [6.07, 6.45) is 4.93. The SMILES string of the molecule is O=C(/C=C/c1ccc(F)cc1)c1ccc(N=Cc2ccccc2)cc1. The molecule has 0 saturated heterocycles. The van der Waals surface area contributed by atoms with Gasteiger partial charge < -0.3 is 0 Å². The average Bonchev–Trinajstić information content (AvgIpc) is 2.67. The molecule has 0 N–H and O–H groups in total. The molecule has 0 heterocycles. The zero-order chi connectivity index (χ0) is 17.5. The van der Waals surface area contributed by atoms with Gasteiger partial charge in [0.2, 0.25) is 0 Å². The van der Waals surface area contributed by atoms with E-state index in [0.29, 0.717) is 5.56 Å². The lowest BCUT2D eigenvalue weighted by atomic mass is 10.1. The molecule has 0 radical (unpaired) electrons. The van der Waals surface area contributed by atoms with Crippen molar-refractivity contribution in [3.8, 4) is 0 Å². The van der Waals surface area contributed by atoms with Crippen molar-refractivity contribution in [2.24, 2.45) is 4.99 Å². The van der Waals surface area contributed by atoms with E-state index in [1.54, 1.807) is 48.7 Å². The Morgan fingerprint density at radius 2 is 1.48 bits per heavy atom. The molecule has 3 heteroatoms. The number of halogens is 1. The fourth-order valence-corrected chi connectivity index (χ4v) is 2.24. The number of nitrogens with zero attached hydrogens (tertiary/aromatic N) is 1. The summed E-state index contributed by atoms with van der Waals surface area (Å²) >= 11 is 0. The molecule has 0 amide bonds. The summed E-state index contributed by atoms with van der Waals surface area (Å²) in [4.78, 5) is 16.6. The Morgan fingerprint density at radius 1 is 0.800 bits per heavy atom. The molecule has 0 aliphatic rings. The van der Waals surface area contributed by atoms with Gasteiger partial charge in [0.1, 0.15) is 5.82 Å². The predicted molar refractivity (Wildman–Crippen MR) is 99.9 cm³/mol. The standard InChI is InChI=1S/C22H16FNO/c23-20-11-6-17(7-12-20)8-15-22(25)19-9-13-21(14-10-19)24-16-18-4-2-1-3-5-18/h1-16H/b15-8+,24-16?. The summed E-state index contributed by atoms with van der Waals surface area (Å²) in [5, 5.41) is 0. The molecule has 25 heavy (non-hydrogen) atoms. The van der Waals surface area contributed by atoms with Gasteiger partial charge in [-0.05, 0) is 53.6 Å². The normalized spacial score (nSPS) is 11.2. The molecule has 0 bridgehead atoms. The molecule has 3 aromatic rings. The van der Waals surface area contributed by atoms with Crippen LogP contribution in [0.2, 0.25) is 0 Å². The first-order chi connectivity index (χ1) is 12.2. The third-order valence-corrected chi connectivity index (χ3v) is 3.61. The number of carbonyl (C=O) groups excluding carboxylic acids is 1. The van der Waals surface area contributed by atoms with Gasteiger partial charge in [-0.15, -0.1) is 0 Å². The second-order valence-corrected chi connectivity index (χ2v) is 5.46. The number of benzene rings is 3. The third kappa shape index (κ3) is 4.82. The highest BCUT2D eigenvalue weighted by Crippen LogP contribution is 2.14. The van der Waals surface area contributed by atoms with Gasteiger partial charge in [-0.1, -0.05) is 48.5 Å². The Morgan fingerprint density at radius 3 is 2.16 bits per heavy atom. The van der Waals surface area contributed by atoms with E-state index in [-0.39, 0.29) is 11.6 Å². The number of aliphatic imine (C=N–C) groups is 1. The number of hydrogen-bond donors (Lipinski definition) is 0. The topological polar surface area (TPSA) is 29.4 Å². The van der Waals surface area contributed by atoms with Crippen LogP contribution in [0.25, 0.3) is 6.08 Å². The van der Waals surface area contributed by atoms with Crippen LogP contribution in [0.4, 0.5) is 10.1 Å². The maximum atomic E-state index is 12.9. The first-order valence-electron chi connectivity index (χ1n) is 7.88. The monoisotopic (exact) mass is 329 g/mol. The predicted octanol–water partition coefficient (Wildman–Crippen LogP) is 5.47. The Kier molecular flexibility index (Phi) is 5.27. The van der Waals surface area contributed by atoms with Gasteiger partial charge in [0.15, 0.2) is 5.78 Å². The number of hydrogen-bond acceptors (Lipinski definition) is 2. The van der Waals surface area contributed by atoms with Crippen molar-refractivity contribution in [1.82, 2.24) is 0 Å². The second-order valence-electron chi connectivity index (χ2n) is 5.46. The van der Waals surface area contributed by atoms with Crippen LogP contribution in [-0.2, 0) is 0 Å². The van der Waals surface area contributed by atoms with Crippen molar-refractivity contribution >= 4 is 23.8 Å². The molecule has 0 unspecified atom stereocenters. The van der Waals surface area contributed by atoms with Crippen LogP contribution in [0.1, 0.15) is 21.5 Å². The van der Waals surface area contributed by atoms with Crippen LogP contribution in [0.3, 0.4) is 0 Å². The second kappa shape index (κ2) is 7.97. The van der Waals surface area contributed by atoms with Crippen LogP contribution in [0.5, 0.6) is 0 Å². The Bertz CT molecular complexity index is 895. The van der Waals surface area contributed by atoms with E-state index in [4.69, 9.17) is 0 Å². The van der Waals surface area contributed by atoms with Gasteiger partial charge in [-0.25, -0.2) is 4.39 Å². The van der Waals surface area contributed by atoms with Crippen LogP contribution >= 0.6 is 0 Å². The zero-order valence-electron chi connectivity index (χ0n) is 13.5. The molecule has 3 aromatic carbocycles. The molecule has 2 nitrogen and oxygen atoms in total. The number of ketones is 1. The molecule has 3 rings (SSSR count). The first-order valence-corrected chi connectivity index (χ1v) is 7.88. The molecule has 0 aliphatic carbocycles. The number of carbonyl (C=O) groups is 1. The summed E-state index contributed by atoms with van der Waals surface area (Å²) in [5.74, 6) is -0.405. The van der Waals surface area contributed by atoms with Crippen molar-refractivity contribution in [2.45, 2.75) is 0 Å². The summed E-state index contributed by atoms with van der Waals surface area (Å²) in [5.41, 5.74) is 3.16. The van der Waals surface area contributed by atoms with E-state index in [1.807, 2.05) is 30.3 Å². The van der Waals surface area contributed by atoms with Crippen molar-refractivity contribution in [3.63, 3.8) is 0 Å². The molecule has 0 saturated carbocycles. The lowest BCUT2D eigenvalue weighted by molar-refractivity contribution is 0.104. The average molecular weight is 329 g/mol. The first kappa shape index (κ1) is 16.5. The number of allylic oxidation sites excluding steroid dienone is 1. The fourth-order valence-electron chi connectivity index (χ4n) is 2.24. The van der Waals surface area contributed by atoms with Crippen LogP contribution in [0.15, 0.2) is 89.9 Å². The summed E-state index contributed by atoms with van der Waals surface area (Å²) < 4.78 is 12.9. The van der Waals surface area contributed by atoms with Crippen LogP contribution < -0.4 is 0 Å². The molecule has 0 spiro atoms. The lowest BCUT2D eigenvalue weighted by Gasteiger charge is -1.98.